The van der Waals surface area contributed by atoms with Crippen LogP contribution in [0.3, 0.4) is 0 Å². The van der Waals surface area contributed by atoms with Gasteiger partial charge in [0.2, 0.25) is 6.79 Å². The van der Waals surface area contributed by atoms with Gasteiger partial charge in [0.15, 0.2) is 11.5 Å². The van der Waals surface area contributed by atoms with Gasteiger partial charge in [-0.05, 0) is 42.0 Å². The van der Waals surface area contributed by atoms with Crippen LogP contribution in [0, 0.1) is 0 Å². The van der Waals surface area contributed by atoms with Gasteiger partial charge in [-0.2, -0.15) is 0 Å². The lowest BCUT2D eigenvalue weighted by Crippen LogP contribution is -3.16. The number of nitrogens with zero attached hydrogens (tertiary/aromatic N) is 1. The second-order valence-corrected chi connectivity index (χ2v) is 7.50. The second kappa shape index (κ2) is 9.35. The van der Waals surface area contributed by atoms with E-state index in [0.29, 0.717) is 19.8 Å². The van der Waals surface area contributed by atoms with Crippen LogP contribution >= 0.6 is 0 Å². The molecule has 2 N–H and O–H groups in total. The topological polar surface area (TPSA) is 64.8 Å². The molecule has 0 unspecified atom stereocenters. The Bertz CT molecular complexity index is 790. The first-order valence-corrected chi connectivity index (χ1v) is 10.1. The van der Waals surface area contributed by atoms with Crippen LogP contribution in [0.25, 0.3) is 0 Å². The van der Waals surface area contributed by atoms with E-state index in [1.807, 2.05) is 30.3 Å². The van der Waals surface area contributed by atoms with Gasteiger partial charge < -0.3 is 33.9 Å². The molecule has 0 bridgehead atoms. The number of quaternary nitrogens is 1. The molecule has 4 rings (SSSR count). The molecule has 0 aromatic heterocycles. The number of piperazine rings is 1. The Kier molecular flexibility index (Phi) is 6.39. The van der Waals surface area contributed by atoms with Crippen molar-refractivity contribution in [2.24, 2.45) is 0 Å². The number of hydrogen-bond donors (Lipinski definition) is 2. The lowest BCUT2D eigenvalue weighted by Gasteiger charge is -2.34. The summed E-state index contributed by atoms with van der Waals surface area (Å²) in [5.41, 5.74) is 2.24. The van der Waals surface area contributed by atoms with E-state index in [9.17, 15) is 5.11 Å². The molecule has 1 fully saturated rings. The summed E-state index contributed by atoms with van der Waals surface area (Å²) in [6.45, 7) is 5.73. The van der Waals surface area contributed by atoms with Crippen molar-refractivity contribution in [2.45, 2.75) is 12.7 Å². The number of fused-ring (bicyclic) bond motifs is 1. The van der Waals surface area contributed by atoms with E-state index >= 15 is 0 Å². The summed E-state index contributed by atoms with van der Waals surface area (Å²) in [5.74, 6) is 2.40. The van der Waals surface area contributed by atoms with Crippen molar-refractivity contribution in [1.29, 1.82) is 0 Å². The molecule has 2 aliphatic rings. The highest BCUT2D eigenvalue weighted by Crippen LogP contribution is 2.32. The van der Waals surface area contributed by atoms with Crippen molar-refractivity contribution in [1.82, 2.24) is 0 Å². The first-order chi connectivity index (χ1) is 14.2. The average Bonchev–Trinajstić information content (AvgIpc) is 3.22. The quantitative estimate of drug-likeness (QED) is 0.679. The second-order valence-electron chi connectivity index (χ2n) is 7.50. The number of rotatable bonds is 8. The van der Waals surface area contributed by atoms with Crippen molar-refractivity contribution < 1.29 is 29.0 Å². The van der Waals surface area contributed by atoms with Crippen molar-refractivity contribution in [2.75, 3.05) is 58.1 Å². The smallest absolute Gasteiger partial charge is 0.231 e. The number of methoxy groups -OCH3 is 1. The predicted molar refractivity (Wildman–Crippen MR) is 109 cm³/mol. The van der Waals surface area contributed by atoms with E-state index in [0.717, 1.165) is 49.0 Å². The molecular weight excluding hydrogens is 372 g/mol. The lowest BCUT2D eigenvalue weighted by molar-refractivity contribution is -0.903. The monoisotopic (exact) mass is 401 g/mol. The van der Waals surface area contributed by atoms with E-state index in [2.05, 4.69) is 17.0 Å². The van der Waals surface area contributed by atoms with Gasteiger partial charge in [-0.3, -0.25) is 0 Å². The Labute approximate surface area is 171 Å². The Morgan fingerprint density at radius 1 is 1.07 bits per heavy atom. The summed E-state index contributed by atoms with van der Waals surface area (Å²) in [4.78, 5) is 3.79. The van der Waals surface area contributed by atoms with Crippen molar-refractivity contribution in [3.8, 4) is 17.2 Å². The molecule has 0 saturated carbocycles. The van der Waals surface area contributed by atoms with Crippen LogP contribution in [-0.2, 0) is 11.3 Å². The average molecular weight is 401 g/mol. The standard InChI is InChI=1S/C22H28N2O5/c1-26-20-5-3-18(4-6-20)24-10-8-23(9-11-24)13-19(25)15-27-14-17-2-7-21-22(12-17)29-16-28-21/h2-7,12,19,25H,8-11,13-16H2,1H3/p+1/t19-/m0/s1. The molecule has 0 aliphatic carbocycles. The molecule has 2 aliphatic heterocycles. The fourth-order valence-corrected chi connectivity index (χ4v) is 3.81. The number of aliphatic hydroxyl groups excluding tert-OH is 1. The third-order valence-electron chi connectivity index (χ3n) is 5.45. The van der Waals surface area contributed by atoms with E-state index in [1.165, 1.54) is 10.6 Å². The molecular formula is C22H29N2O5+. The Hall–Kier alpha value is -2.48. The SMILES string of the molecule is COc1ccc(N2CC[NH+](C[C@H](O)COCc3ccc4c(c3)OCO4)CC2)cc1. The van der Waals surface area contributed by atoms with Gasteiger partial charge in [-0.25, -0.2) is 0 Å². The molecule has 1 atom stereocenters. The minimum absolute atomic E-state index is 0.271. The Balaban J connectivity index is 1.16. The summed E-state index contributed by atoms with van der Waals surface area (Å²) < 4.78 is 21.6. The number of aliphatic hydroxyl groups is 1. The van der Waals surface area contributed by atoms with Crippen LogP contribution in [0.4, 0.5) is 5.69 Å². The fraction of sp³-hybridized carbons (Fsp3) is 0.455. The molecule has 2 aromatic carbocycles. The number of benzene rings is 2. The zero-order chi connectivity index (χ0) is 20.1. The lowest BCUT2D eigenvalue weighted by atomic mass is 10.2. The first-order valence-electron chi connectivity index (χ1n) is 10.1. The van der Waals surface area contributed by atoms with Gasteiger partial charge in [-0.1, -0.05) is 6.07 Å². The van der Waals surface area contributed by atoms with E-state index < -0.39 is 6.10 Å². The molecule has 0 radical (unpaired) electrons. The molecule has 7 nitrogen and oxygen atoms in total. The first kappa shape index (κ1) is 19.8. The minimum atomic E-state index is -0.466. The molecule has 29 heavy (non-hydrogen) atoms. The van der Waals surface area contributed by atoms with Crippen LogP contribution in [0.15, 0.2) is 42.5 Å². The summed E-state index contributed by atoms with van der Waals surface area (Å²) in [5, 5.41) is 10.4. The maximum atomic E-state index is 10.4. The number of nitrogens with one attached hydrogen (secondary N) is 1. The fourth-order valence-electron chi connectivity index (χ4n) is 3.81. The molecule has 1 saturated heterocycles. The highest BCUT2D eigenvalue weighted by molar-refractivity contribution is 5.49. The zero-order valence-corrected chi connectivity index (χ0v) is 16.8. The van der Waals surface area contributed by atoms with Gasteiger partial charge in [0, 0.05) is 5.69 Å². The van der Waals surface area contributed by atoms with Crippen LogP contribution in [0.2, 0.25) is 0 Å². The van der Waals surface area contributed by atoms with Gasteiger partial charge in [-0.15, -0.1) is 0 Å². The van der Waals surface area contributed by atoms with Crippen LogP contribution in [0.5, 0.6) is 17.2 Å². The van der Waals surface area contributed by atoms with E-state index in [-0.39, 0.29) is 6.79 Å². The third-order valence-corrected chi connectivity index (χ3v) is 5.45. The van der Waals surface area contributed by atoms with Crippen LogP contribution in [0.1, 0.15) is 5.56 Å². The van der Waals surface area contributed by atoms with Crippen molar-refractivity contribution in [3.63, 3.8) is 0 Å². The number of hydrogen-bond acceptors (Lipinski definition) is 6. The molecule has 0 spiro atoms. The molecule has 156 valence electrons. The summed E-state index contributed by atoms with van der Waals surface area (Å²) in [7, 11) is 1.68. The number of ether oxygens (including phenoxy) is 4. The summed E-state index contributed by atoms with van der Waals surface area (Å²) in [6.07, 6.45) is -0.466. The van der Waals surface area contributed by atoms with E-state index in [4.69, 9.17) is 18.9 Å². The van der Waals surface area contributed by atoms with Crippen LogP contribution < -0.4 is 24.0 Å². The van der Waals surface area contributed by atoms with Crippen LogP contribution in [-0.4, -0.2) is 64.4 Å². The minimum Gasteiger partial charge on any atom is -0.497 e. The van der Waals surface area contributed by atoms with Gasteiger partial charge in [0.1, 0.15) is 18.4 Å². The van der Waals surface area contributed by atoms with Gasteiger partial charge >= 0.3 is 0 Å². The van der Waals surface area contributed by atoms with E-state index in [1.54, 1.807) is 7.11 Å². The normalized spacial score (nSPS) is 17.4. The zero-order valence-electron chi connectivity index (χ0n) is 16.8. The number of anilines is 1. The highest BCUT2D eigenvalue weighted by atomic mass is 16.7. The maximum absolute atomic E-state index is 10.4. The van der Waals surface area contributed by atoms with Crippen molar-refractivity contribution >= 4 is 5.69 Å². The largest absolute Gasteiger partial charge is 0.497 e. The van der Waals surface area contributed by atoms with Gasteiger partial charge in [0.05, 0.1) is 46.5 Å². The summed E-state index contributed by atoms with van der Waals surface area (Å²) in [6, 6.07) is 14.0. The Morgan fingerprint density at radius 2 is 1.83 bits per heavy atom. The Morgan fingerprint density at radius 3 is 2.59 bits per heavy atom. The molecule has 2 aromatic rings. The third kappa shape index (κ3) is 5.12. The maximum Gasteiger partial charge on any atom is 0.231 e. The molecule has 7 heteroatoms. The molecule has 2 heterocycles. The van der Waals surface area contributed by atoms with Gasteiger partial charge in [0.25, 0.3) is 0 Å². The summed E-state index contributed by atoms with van der Waals surface area (Å²) >= 11 is 0. The highest BCUT2D eigenvalue weighted by Gasteiger charge is 2.23. The van der Waals surface area contributed by atoms with Crippen molar-refractivity contribution in [3.05, 3.63) is 48.0 Å². The predicted octanol–water partition coefficient (Wildman–Crippen LogP) is 0.707. The molecule has 0 amide bonds.